The first-order valence-corrected chi connectivity index (χ1v) is 4.09. The molecule has 0 spiro atoms. The first-order chi connectivity index (χ1) is 6.15. The maximum absolute atomic E-state index is 11.1. The van der Waals surface area contributed by atoms with Crippen LogP contribution in [0.3, 0.4) is 0 Å². The number of aliphatic hydroxyl groups is 1. The zero-order valence-corrected chi connectivity index (χ0v) is 7.82. The van der Waals surface area contributed by atoms with E-state index in [0.717, 1.165) is 11.3 Å². The average molecular weight is 179 g/mol. The minimum absolute atomic E-state index is 0.300. The van der Waals surface area contributed by atoms with Crippen molar-refractivity contribution in [3.05, 3.63) is 29.8 Å². The Kier molecular flexibility index (Phi) is 3.03. The summed E-state index contributed by atoms with van der Waals surface area (Å²) < 4.78 is 0. The summed E-state index contributed by atoms with van der Waals surface area (Å²) in [6.45, 7) is 1.51. The normalized spacial score (nSPS) is 9.77. The molecule has 70 valence electrons. The molecular weight excluding hydrogens is 166 g/mol. The lowest BCUT2D eigenvalue weighted by molar-refractivity contribution is -0.120. The van der Waals surface area contributed by atoms with Crippen LogP contribution in [0.25, 0.3) is 0 Å². The number of aryl methyl sites for hydroxylation is 1. The highest BCUT2D eigenvalue weighted by atomic mass is 16.3. The Morgan fingerprint density at radius 2 is 2.23 bits per heavy atom. The Bertz CT molecular complexity index is 310. The number of hydrogen-bond donors (Lipinski definition) is 1. The van der Waals surface area contributed by atoms with Gasteiger partial charge in [0.15, 0.2) is 0 Å². The number of amides is 1. The van der Waals surface area contributed by atoms with Gasteiger partial charge in [-0.15, -0.1) is 0 Å². The molecule has 1 aromatic rings. The number of benzene rings is 1. The average Bonchev–Trinajstić information content (AvgIpc) is 2.15. The van der Waals surface area contributed by atoms with E-state index in [1.54, 1.807) is 7.05 Å². The second kappa shape index (κ2) is 4.05. The van der Waals surface area contributed by atoms with E-state index in [2.05, 4.69) is 0 Å². The van der Waals surface area contributed by atoms with E-state index in [1.807, 2.05) is 31.2 Å². The number of carbonyl (C=O) groups is 1. The topological polar surface area (TPSA) is 40.5 Å². The fraction of sp³-hybridized carbons (Fsp3) is 0.300. The zero-order chi connectivity index (χ0) is 9.84. The molecule has 1 amide bonds. The monoisotopic (exact) mass is 179 g/mol. The van der Waals surface area contributed by atoms with E-state index in [1.165, 1.54) is 4.90 Å². The van der Waals surface area contributed by atoms with Crippen LogP contribution >= 0.6 is 0 Å². The van der Waals surface area contributed by atoms with E-state index in [4.69, 9.17) is 5.11 Å². The maximum Gasteiger partial charge on any atom is 0.252 e. The molecule has 0 aliphatic rings. The summed E-state index contributed by atoms with van der Waals surface area (Å²) in [5, 5.41) is 8.64. The molecule has 0 heterocycles. The smallest absolute Gasteiger partial charge is 0.252 e. The predicted octanol–water partition coefficient (Wildman–Crippen LogP) is 0.950. The molecule has 1 aromatic carbocycles. The summed E-state index contributed by atoms with van der Waals surface area (Å²) in [6.07, 6.45) is 0. The number of carbonyl (C=O) groups excluding carboxylic acids is 1. The number of anilines is 1. The molecule has 0 saturated heterocycles. The molecule has 3 nitrogen and oxygen atoms in total. The van der Waals surface area contributed by atoms with Gasteiger partial charge in [-0.3, -0.25) is 4.79 Å². The molecule has 1 N–H and O–H groups in total. The van der Waals surface area contributed by atoms with E-state index >= 15 is 0 Å². The largest absolute Gasteiger partial charge is 0.387 e. The Labute approximate surface area is 77.6 Å². The first kappa shape index (κ1) is 9.74. The predicted molar refractivity (Wildman–Crippen MR) is 51.7 cm³/mol. The lowest BCUT2D eigenvalue weighted by atomic mass is 10.2. The summed E-state index contributed by atoms with van der Waals surface area (Å²) in [5.41, 5.74) is 1.90. The minimum atomic E-state index is -0.454. The molecule has 0 aliphatic carbocycles. The highest BCUT2D eigenvalue weighted by Gasteiger charge is 2.08. The van der Waals surface area contributed by atoms with Gasteiger partial charge >= 0.3 is 0 Å². The van der Waals surface area contributed by atoms with Gasteiger partial charge < -0.3 is 10.0 Å². The SMILES string of the molecule is Cc1cccc(N(C)C(=O)CO)c1. The van der Waals surface area contributed by atoms with Crippen LogP contribution in [0, 0.1) is 6.92 Å². The highest BCUT2D eigenvalue weighted by molar-refractivity contribution is 5.93. The van der Waals surface area contributed by atoms with Crippen LogP contribution in [0.5, 0.6) is 0 Å². The summed E-state index contributed by atoms with van der Waals surface area (Å²) in [5.74, 6) is -0.300. The number of hydrogen-bond acceptors (Lipinski definition) is 2. The van der Waals surface area contributed by atoms with E-state index in [-0.39, 0.29) is 5.91 Å². The fourth-order valence-electron chi connectivity index (χ4n) is 1.09. The van der Waals surface area contributed by atoms with Crippen LogP contribution in [-0.2, 0) is 4.79 Å². The molecule has 13 heavy (non-hydrogen) atoms. The summed E-state index contributed by atoms with van der Waals surface area (Å²) in [6, 6.07) is 7.57. The van der Waals surface area contributed by atoms with Crippen molar-refractivity contribution in [2.45, 2.75) is 6.92 Å². The van der Waals surface area contributed by atoms with E-state index in [0.29, 0.717) is 0 Å². The van der Waals surface area contributed by atoms with Gasteiger partial charge in [0, 0.05) is 12.7 Å². The Balaban J connectivity index is 2.88. The molecule has 0 saturated carbocycles. The molecule has 0 radical (unpaired) electrons. The third kappa shape index (κ3) is 2.29. The van der Waals surface area contributed by atoms with E-state index in [9.17, 15) is 4.79 Å². The molecule has 0 aliphatic heterocycles. The second-order valence-electron chi connectivity index (χ2n) is 2.95. The quantitative estimate of drug-likeness (QED) is 0.734. The van der Waals surface area contributed by atoms with E-state index < -0.39 is 6.61 Å². The Morgan fingerprint density at radius 1 is 1.54 bits per heavy atom. The van der Waals surface area contributed by atoms with Gasteiger partial charge in [0.1, 0.15) is 6.61 Å². The van der Waals surface area contributed by atoms with Gasteiger partial charge in [-0.1, -0.05) is 12.1 Å². The lowest BCUT2D eigenvalue weighted by Gasteiger charge is -2.16. The van der Waals surface area contributed by atoms with Crippen LogP contribution in [0.1, 0.15) is 5.56 Å². The third-order valence-corrected chi connectivity index (χ3v) is 1.90. The summed E-state index contributed by atoms with van der Waals surface area (Å²) in [7, 11) is 1.65. The third-order valence-electron chi connectivity index (χ3n) is 1.90. The molecular formula is C10H13NO2. The van der Waals surface area contributed by atoms with Gasteiger partial charge in [0.25, 0.3) is 5.91 Å². The van der Waals surface area contributed by atoms with Gasteiger partial charge in [0.05, 0.1) is 0 Å². The first-order valence-electron chi connectivity index (χ1n) is 4.09. The van der Waals surface area contributed by atoms with Crippen molar-refractivity contribution in [2.24, 2.45) is 0 Å². The molecule has 0 unspecified atom stereocenters. The Morgan fingerprint density at radius 3 is 2.77 bits per heavy atom. The zero-order valence-electron chi connectivity index (χ0n) is 7.82. The Hall–Kier alpha value is -1.35. The summed E-state index contributed by atoms with van der Waals surface area (Å²) >= 11 is 0. The van der Waals surface area contributed by atoms with Gasteiger partial charge in [-0.05, 0) is 24.6 Å². The van der Waals surface area contributed by atoms with Crippen LogP contribution in [-0.4, -0.2) is 24.7 Å². The van der Waals surface area contributed by atoms with Crippen LogP contribution in [0.4, 0.5) is 5.69 Å². The molecule has 1 rings (SSSR count). The highest BCUT2D eigenvalue weighted by Crippen LogP contribution is 2.13. The van der Waals surface area contributed by atoms with Crippen molar-refractivity contribution >= 4 is 11.6 Å². The van der Waals surface area contributed by atoms with Crippen LogP contribution in [0.15, 0.2) is 24.3 Å². The number of aliphatic hydroxyl groups excluding tert-OH is 1. The minimum Gasteiger partial charge on any atom is -0.387 e. The van der Waals surface area contributed by atoms with Crippen molar-refractivity contribution in [1.29, 1.82) is 0 Å². The fourth-order valence-corrected chi connectivity index (χ4v) is 1.09. The van der Waals surface area contributed by atoms with Crippen molar-refractivity contribution < 1.29 is 9.90 Å². The number of likely N-dealkylation sites (N-methyl/N-ethyl adjacent to an activating group) is 1. The van der Waals surface area contributed by atoms with Gasteiger partial charge in [-0.25, -0.2) is 0 Å². The van der Waals surface area contributed by atoms with Crippen molar-refractivity contribution in [3.63, 3.8) is 0 Å². The standard InChI is InChI=1S/C10H13NO2/c1-8-4-3-5-9(6-8)11(2)10(13)7-12/h3-6,12H,7H2,1-2H3. The van der Waals surface area contributed by atoms with Crippen molar-refractivity contribution in [2.75, 3.05) is 18.6 Å². The molecule has 3 heteroatoms. The number of nitrogens with zero attached hydrogens (tertiary/aromatic N) is 1. The number of rotatable bonds is 2. The van der Waals surface area contributed by atoms with Crippen molar-refractivity contribution in [1.82, 2.24) is 0 Å². The molecule has 0 bridgehead atoms. The molecule has 0 aromatic heterocycles. The van der Waals surface area contributed by atoms with Gasteiger partial charge in [0.2, 0.25) is 0 Å². The van der Waals surface area contributed by atoms with Gasteiger partial charge in [-0.2, -0.15) is 0 Å². The molecule has 0 atom stereocenters. The lowest BCUT2D eigenvalue weighted by Crippen LogP contribution is -2.28. The van der Waals surface area contributed by atoms with Crippen molar-refractivity contribution in [3.8, 4) is 0 Å². The summed E-state index contributed by atoms with van der Waals surface area (Å²) in [4.78, 5) is 12.5. The van der Waals surface area contributed by atoms with Crippen LogP contribution < -0.4 is 4.90 Å². The maximum atomic E-state index is 11.1. The van der Waals surface area contributed by atoms with Crippen LogP contribution in [0.2, 0.25) is 0 Å². The molecule has 0 fully saturated rings. The second-order valence-corrected chi connectivity index (χ2v) is 2.95.